The molecule has 2 rings (SSSR count). The van der Waals surface area contributed by atoms with Crippen molar-refractivity contribution in [1.82, 2.24) is 14.7 Å². The molecule has 106 valence electrons. The number of aliphatic hydroxyl groups is 1. The number of nitrogens with one attached hydrogen (secondary N) is 1. The summed E-state index contributed by atoms with van der Waals surface area (Å²) in [6, 6.07) is 0. The Kier molecular flexibility index (Phi) is 3.97. The second-order valence-electron chi connectivity index (χ2n) is 3.81. The first-order valence-corrected chi connectivity index (χ1v) is 6.25. The quantitative estimate of drug-likeness (QED) is 0.876. The third-order valence-electron chi connectivity index (χ3n) is 2.53. The second-order valence-corrected chi connectivity index (χ2v) is 4.68. The Hall–Kier alpha value is -1.32. The van der Waals surface area contributed by atoms with E-state index in [9.17, 15) is 13.2 Å². The minimum atomic E-state index is -4.62. The van der Waals surface area contributed by atoms with Crippen molar-refractivity contribution in [3.63, 3.8) is 0 Å². The molecule has 0 aliphatic carbocycles. The molecule has 1 unspecified atom stereocenters. The third kappa shape index (κ3) is 2.99. The number of fused-ring (bicyclic) bond motifs is 1. The molecule has 0 spiro atoms. The minimum Gasteiger partial charge on any atom is -0.480 e. The number of rotatable bonds is 5. The Morgan fingerprint density at radius 1 is 1.58 bits per heavy atom. The van der Waals surface area contributed by atoms with Crippen molar-refractivity contribution in [1.29, 1.82) is 0 Å². The van der Waals surface area contributed by atoms with Crippen LogP contribution in [0.1, 0.15) is 5.69 Å². The molecule has 0 aliphatic heterocycles. The number of nitrogens with zero attached hydrogens (tertiary/aromatic N) is 2. The van der Waals surface area contributed by atoms with Gasteiger partial charge < -0.3 is 15.2 Å². The summed E-state index contributed by atoms with van der Waals surface area (Å²) in [4.78, 5) is 4.87. The van der Waals surface area contributed by atoms with Crippen LogP contribution < -0.4 is 10.1 Å². The number of ether oxygens (including phenoxy) is 1. The van der Waals surface area contributed by atoms with Crippen molar-refractivity contribution in [2.75, 3.05) is 13.7 Å². The topological polar surface area (TPSA) is 58.8 Å². The van der Waals surface area contributed by atoms with E-state index in [0.717, 1.165) is 0 Å². The standard InChI is InChI=1S/C10H12F3N3O2S/c1-18-8-6(16-2-3-19-9(16)15-8)4-14-5-7(17)10(11,12)13/h2-3,7,14,17H,4-5H2,1H3. The van der Waals surface area contributed by atoms with Gasteiger partial charge in [0.25, 0.3) is 0 Å². The summed E-state index contributed by atoms with van der Waals surface area (Å²) in [6.07, 6.45) is -5.25. The Morgan fingerprint density at radius 2 is 2.32 bits per heavy atom. The summed E-state index contributed by atoms with van der Waals surface area (Å²) in [5.41, 5.74) is 0.619. The van der Waals surface area contributed by atoms with Crippen molar-refractivity contribution in [3.05, 3.63) is 17.3 Å². The van der Waals surface area contributed by atoms with E-state index in [4.69, 9.17) is 9.84 Å². The number of imidazole rings is 1. The van der Waals surface area contributed by atoms with Crippen molar-refractivity contribution >= 4 is 16.3 Å². The molecule has 9 heteroatoms. The molecule has 0 radical (unpaired) electrons. The fourth-order valence-corrected chi connectivity index (χ4v) is 2.30. The van der Waals surface area contributed by atoms with Gasteiger partial charge in [-0.1, -0.05) is 0 Å². The van der Waals surface area contributed by atoms with Crippen molar-refractivity contribution < 1.29 is 23.0 Å². The molecule has 2 aromatic heterocycles. The van der Waals surface area contributed by atoms with Crippen LogP contribution >= 0.6 is 11.3 Å². The van der Waals surface area contributed by atoms with Gasteiger partial charge in [0, 0.05) is 24.7 Å². The molecule has 0 aliphatic rings. The lowest BCUT2D eigenvalue weighted by Gasteiger charge is -2.15. The first-order chi connectivity index (χ1) is 8.93. The maximum absolute atomic E-state index is 12.1. The lowest BCUT2D eigenvalue weighted by molar-refractivity contribution is -0.201. The van der Waals surface area contributed by atoms with Crippen LogP contribution in [-0.2, 0) is 6.54 Å². The Bertz CT molecular complexity index is 552. The van der Waals surface area contributed by atoms with E-state index >= 15 is 0 Å². The molecule has 2 N–H and O–H groups in total. The second kappa shape index (κ2) is 5.35. The summed E-state index contributed by atoms with van der Waals surface area (Å²) in [7, 11) is 1.44. The van der Waals surface area contributed by atoms with Gasteiger partial charge in [-0.15, -0.1) is 11.3 Å². The highest BCUT2D eigenvalue weighted by Crippen LogP contribution is 2.23. The maximum atomic E-state index is 12.1. The monoisotopic (exact) mass is 295 g/mol. The molecule has 19 heavy (non-hydrogen) atoms. The normalized spacial score (nSPS) is 13.9. The van der Waals surface area contributed by atoms with Gasteiger partial charge in [0.1, 0.15) is 5.69 Å². The number of aliphatic hydroxyl groups excluding tert-OH is 1. The molecule has 0 bridgehead atoms. The first-order valence-electron chi connectivity index (χ1n) is 5.37. The molecule has 1 atom stereocenters. The van der Waals surface area contributed by atoms with Crippen LogP contribution in [0, 0.1) is 0 Å². The van der Waals surface area contributed by atoms with Crippen LogP contribution in [0.4, 0.5) is 13.2 Å². The average molecular weight is 295 g/mol. The predicted molar refractivity (Wildman–Crippen MR) is 63.4 cm³/mol. The van der Waals surface area contributed by atoms with E-state index in [1.54, 1.807) is 10.6 Å². The summed E-state index contributed by atoms with van der Waals surface area (Å²) < 4.78 is 43.2. The van der Waals surface area contributed by atoms with Gasteiger partial charge in [0.15, 0.2) is 11.1 Å². The number of halogens is 3. The number of aromatic nitrogens is 2. The van der Waals surface area contributed by atoms with Gasteiger partial charge >= 0.3 is 6.18 Å². The van der Waals surface area contributed by atoms with Gasteiger partial charge in [-0.3, -0.25) is 4.40 Å². The summed E-state index contributed by atoms with van der Waals surface area (Å²) >= 11 is 1.40. The number of thiazole rings is 1. The molecule has 5 nitrogen and oxygen atoms in total. The Morgan fingerprint density at radius 3 is 2.95 bits per heavy atom. The smallest absolute Gasteiger partial charge is 0.415 e. The van der Waals surface area contributed by atoms with Crippen LogP contribution in [-0.4, -0.2) is 40.4 Å². The van der Waals surface area contributed by atoms with Crippen LogP contribution in [0.15, 0.2) is 11.6 Å². The molecular formula is C10H12F3N3O2S. The zero-order valence-electron chi connectivity index (χ0n) is 9.94. The molecule has 2 heterocycles. The molecule has 0 amide bonds. The summed E-state index contributed by atoms with van der Waals surface area (Å²) in [5, 5.41) is 13.2. The average Bonchev–Trinajstić information content (AvgIpc) is 2.89. The van der Waals surface area contributed by atoms with E-state index in [1.807, 2.05) is 5.38 Å². The molecule has 0 fully saturated rings. The van der Waals surface area contributed by atoms with Crippen molar-refractivity contribution in [2.45, 2.75) is 18.8 Å². The molecular weight excluding hydrogens is 283 g/mol. The van der Waals surface area contributed by atoms with Crippen LogP contribution in [0.3, 0.4) is 0 Å². The lowest BCUT2D eigenvalue weighted by atomic mass is 10.3. The Balaban J connectivity index is 2.03. The summed E-state index contributed by atoms with van der Waals surface area (Å²) in [5.74, 6) is 0.362. The van der Waals surface area contributed by atoms with Gasteiger partial charge in [-0.05, 0) is 0 Å². The van der Waals surface area contributed by atoms with Crippen molar-refractivity contribution in [3.8, 4) is 5.88 Å². The summed E-state index contributed by atoms with van der Waals surface area (Å²) in [6.45, 7) is -0.460. The lowest BCUT2D eigenvalue weighted by Crippen LogP contribution is -2.38. The van der Waals surface area contributed by atoms with Gasteiger partial charge in [-0.25, -0.2) is 0 Å². The van der Waals surface area contributed by atoms with E-state index in [2.05, 4.69) is 10.3 Å². The molecule has 2 aromatic rings. The highest BCUT2D eigenvalue weighted by Gasteiger charge is 2.37. The van der Waals surface area contributed by atoms with Gasteiger partial charge in [-0.2, -0.15) is 18.2 Å². The van der Waals surface area contributed by atoms with Crippen LogP contribution in [0.2, 0.25) is 0 Å². The number of hydrogen-bond acceptors (Lipinski definition) is 5. The Labute approximate surface area is 110 Å². The SMILES string of the molecule is COc1nc2sccn2c1CNCC(O)C(F)(F)F. The van der Waals surface area contributed by atoms with E-state index < -0.39 is 18.8 Å². The van der Waals surface area contributed by atoms with E-state index in [-0.39, 0.29) is 6.54 Å². The van der Waals surface area contributed by atoms with Gasteiger partial charge in [0.2, 0.25) is 5.88 Å². The number of methoxy groups -OCH3 is 1. The fourth-order valence-electron chi connectivity index (χ4n) is 1.58. The van der Waals surface area contributed by atoms with Crippen LogP contribution in [0.5, 0.6) is 5.88 Å². The number of hydrogen-bond donors (Lipinski definition) is 2. The predicted octanol–water partition coefficient (Wildman–Crippen LogP) is 1.42. The molecule has 0 saturated heterocycles. The van der Waals surface area contributed by atoms with E-state index in [0.29, 0.717) is 16.5 Å². The first kappa shape index (κ1) is 14.1. The molecule has 0 saturated carbocycles. The molecule has 0 aromatic carbocycles. The zero-order chi connectivity index (χ0) is 14.0. The minimum absolute atomic E-state index is 0.119. The largest absolute Gasteiger partial charge is 0.480 e. The van der Waals surface area contributed by atoms with Gasteiger partial charge in [0.05, 0.1) is 7.11 Å². The highest BCUT2D eigenvalue weighted by molar-refractivity contribution is 7.15. The van der Waals surface area contributed by atoms with Crippen molar-refractivity contribution in [2.24, 2.45) is 0 Å². The fraction of sp³-hybridized carbons (Fsp3) is 0.500. The third-order valence-corrected chi connectivity index (χ3v) is 3.28. The maximum Gasteiger partial charge on any atom is 0.415 e. The zero-order valence-corrected chi connectivity index (χ0v) is 10.8. The van der Waals surface area contributed by atoms with Crippen LogP contribution in [0.25, 0.3) is 4.96 Å². The number of alkyl halides is 3. The van der Waals surface area contributed by atoms with E-state index in [1.165, 1.54) is 18.4 Å². The highest BCUT2D eigenvalue weighted by atomic mass is 32.1.